The second-order valence-corrected chi connectivity index (χ2v) is 8.31. The van der Waals surface area contributed by atoms with Crippen molar-refractivity contribution in [3.8, 4) is 11.5 Å². The Kier molecular flexibility index (Phi) is 5.89. The fourth-order valence-corrected chi connectivity index (χ4v) is 3.31. The molecule has 1 aromatic carbocycles. The molecular formula is C16H26N2O4S. The van der Waals surface area contributed by atoms with Gasteiger partial charge in [0.25, 0.3) is 0 Å². The van der Waals surface area contributed by atoms with E-state index in [2.05, 4.69) is 11.8 Å². The molecule has 0 unspecified atom stereocenters. The van der Waals surface area contributed by atoms with Crippen LogP contribution in [0.5, 0.6) is 11.5 Å². The Balaban J connectivity index is 1.93. The van der Waals surface area contributed by atoms with E-state index in [1.807, 2.05) is 25.2 Å². The highest BCUT2D eigenvalue weighted by Crippen LogP contribution is 2.33. The van der Waals surface area contributed by atoms with Crippen molar-refractivity contribution in [2.45, 2.75) is 19.4 Å². The highest BCUT2D eigenvalue weighted by molar-refractivity contribution is 7.89. The molecule has 0 aliphatic carbocycles. The van der Waals surface area contributed by atoms with Crippen LogP contribution in [0.4, 0.5) is 0 Å². The molecule has 0 saturated carbocycles. The lowest BCUT2D eigenvalue weighted by Gasteiger charge is -2.27. The van der Waals surface area contributed by atoms with Crippen LogP contribution in [0.15, 0.2) is 18.2 Å². The van der Waals surface area contributed by atoms with Crippen molar-refractivity contribution < 1.29 is 17.9 Å². The largest absolute Gasteiger partial charge is 0.486 e. The quantitative estimate of drug-likeness (QED) is 0.755. The summed E-state index contributed by atoms with van der Waals surface area (Å²) in [6, 6.07) is 6.15. The molecule has 0 N–H and O–H groups in total. The van der Waals surface area contributed by atoms with Crippen molar-refractivity contribution in [3.63, 3.8) is 0 Å². The molecule has 7 heteroatoms. The standard InChI is InChI=1S/C16H26N2O4S/c1-13(18(4)8-5-11-23(19,20)17(2)3)14-6-7-15-16(12-14)22-10-9-21-15/h6-7,12-13H,5,8-11H2,1-4H3/t13-/m1/s1. The molecule has 6 nitrogen and oxygen atoms in total. The van der Waals surface area contributed by atoms with Crippen LogP contribution < -0.4 is 9.47 Å². The van der Waals surface area contributed by atoms with E-state index < -0.39 is 10.0 Å². The minimum Gasteiger partial charge on any atom is -0.486 e. The second kappa shape index (κ2) is 7.51. The van der Waals surface area contributed by atoms with Gasteiger partial charge in [0.1, 0.15) is 13.2 Å². The maximum Gasteiger partial charge on any atom is 0.213 e. The molecule has 0 amide bonds. The zero-order valence-corrected chi connectivity index (χ0v) is 15.1. The minimum absolute atomic E-state index is 0.165. The molecule has 1 aromatic rings. The van der Waals surface area contributed by atoms with Crippen LogP contribution in [-0.2, 0) is 10.0 Å². The summed E-state index contributed by atoms with van der Waals surface area (Å²) < 4.78 is 36.0. The van der Waals surface area contributed by atoms with Crippen molar-refractivity contribution in [3.05, 3.63) is 23.8 Å². The minimum atomic E-state index is -3.13. The summed E-state index contributed by atoms with van der Waals surface area (Å²) in [5.41, 5.74) is 1.13. The lowest BCUT2D eigenvalue weighted by molar-refractivity contribution is 0.170. The van der Waals surface area contributed by atoms with Crippen LogP contribution in [0.1, 0.15) is 24.9 Å². The molecule has 1 heterocycles. The number of hydrogen-bond donors (Lipinski definition) is 0. The Morgan fingerprint density at radius 1 is 1.13 bits per heavy atom. The first-order valence-corrected chi connectivity index (χ1v) is 9.42. The predicted molar refractivity (Wildman–Crippen MR) is 90.6 cm³/mol. The molecule has 1 aliphatic rings. The van der Waals surface area contributed by atoms with Crippen LogP contribution in [0, 0.1) is 0 Å². The van der Waals surface area contributed by atoms with Gasteiger partial charge in [-0.15, -0.1) is 0 Å². The van der Waals surface area contributed by atoms with Gasteiger partial charge < -0.3 is 9.47 Å². The Labute approximate surface area is 139 Å². The first-order chi connectivity index (χ1) is 10.8. The molecule has 23 heavy (non-hydrogen) atoms. The van der Waals surface area contributed by atoms with E-state index in [0.29, 0.717) is 26.2 Å². The highest BCUT2D eigenvalue weighted by Gasteiger charge is 2.18. The van der Waals surface area contributed by atoms with E-state index in [4.69, 9.17) is 9.47 Å². The number of rotatable bonds is 7. The highest BCUT2D eigenvalue weighted by atomic mass is 32.2. The van der Waals surface area contributed by atoms with Gasteiger partial charge in [0.15, 0.2) is 11.5 Å². The molecule has 0 bridgehead atoms. The Morgan fingerprint density at radius 3 is 2.43 bits per heavy atom. The fourth-order valence-electron chi connectivity index (χ4n) is 2.45. The molecule has 0 fully saturated rings. The molecule has 130 valence electrons. The van der Waals surface area contributed by atoms with Crippen molar-refractivity contribution >= 4 is 10.0 Å². The molecule has 0 saturated heterocycles. The Hall–Kier alpha value is -1.31. The summed E-state index contributed by atoms with van der Waals surface area (Å²) in [6.45, 7) is 3.97. The number of fused-ring (bicyclic) bond motifs is 1. The second-order valence-electron chi connectivity index (χ2n) is 6.01. The van der Waals surface area contributed by atoms with E-state index in [1.165, 1.54) is 4.31 Å². The average molecular weight is 342 g/mol. The molecule has 0 aromatic heterocycles. The van der Waals surface area contributed by atoms with Crippen LogP contribution >= 0.6 is 0 Å². The third kappa shape index (κ3) is 4.59. The van der Waals surface area contributed by atoms with Gasteiger partial charge in [-0.1, -0.05) is 6.07 Å². The summed E-state index contributed by atoms with van der Waals surface area (Å²) in [5.74, 6) is 1.73. The smallest absolute Gasteiger partial charge is 0.213 e. The maximum atomic E-state index is 11.8. The van der Waals surface area contributed by atoms with Crippen molar-refractivity contribution in [2.24, 2.45) is 0 Å². The summed E-state index contributed by atoms with van der Waals surface area (Å²) >= 11 is 0. The third-order valence-electron chi connectivity index (χ3n) is 4.18. The summed E-state index contributed by atoms with van der Waals surface area (Å²) in [5, 5.41) is 0. The zero-order chi connectivity index (χ0) is 17.0. The molecule has 1 atom stereocenters. The monoisotopic (exact) mass is 342 g/mol. The van der Waals surface area contributed by atoms with Gasteiger partial charge in [-0.2, -0.15) is 0 Å². The van der Waals surface area contributed by atoms with Gasteiger partial charge in [0.2, 0.25) is 10.0 Å². The van der Waals surface area contributed by atoms with Gasteiger partial charge in [0.05, 0.1) is 5.75 Å². The average Bonchev–Trinajstić information content (AvgIpc) is 2.53. The first-order valence-electron chi connectivity index (χ1n) is 7.81. The third-order valence-corrected chi connectivity index (χ3v) is 6.10. The lowest BCUT2D eigenvalue weighted by atomic mass is 10.1. The predicted octanol–water partition coefficient (Wildman–Crippen LogP) is 1.73. The molecular weight excluding hydrogens is 316 g/mol. The SMILES string of the molecule is C[C@H](c1ccc2c(c1)OCCO2)N(C)CCCS(=O)(=O)N(C)C. The van der Waals surface area contributed by atoms with Crippen LogP contribution in [0.2, 0.25) is 0 Å². The van der Waals surface area contributed by atoms with E-state index >= 15 is 0 Å². The van der Waals surface area contributed by atoms with E-state index in [-0.39, 0.29) is 11.8 Å². The van der Waals surface area contributed by atoms with Crippen molar-refractivity contribution in [1.82, 2.24) is 9.21 Å². The summed E-state index contributed by atoms with van der Waals surface area (Å²) in [6.07, 6.45) is 0.603. The van der Waals surface area contributed by atoms with Crippen molar-refractivity contribution in [1.29, 1.82) is 0 Å². The van der Waals surface area contributed by atoms with Gasteiger partial charge in [-0.05, 0) is 44.6 Å². The number of benzene rings is 1. The van der Waals surface area contributed by atoms with Crippen LogP contribution in [-0.4, -0.2) is 64.3 Å². The first kappa shape index (κ1) is 18.0. The fraction of sp³-hybridized carbons (Fsp3) is 0.625. The summed E-state index contributed by atoms with van der Waals surface area (Å²) in [7, 11) is 2.01. The Bertz CT molecular complexity index is 631. The number of nitrogens with zero attached hydrogens (tertiary/aromatic N) is 2. The van der Waals surface area contributed by atoms with Gasteiger partial charge >= 0.3 is 0 Å². The molecule has 1 aliphatic heterocycles. The van der Waals surface area contributed by atoms with E-state index in [9.17, 15) is 8.42 Å². The number of ether oxygens (including phenoxy) is 2. The molecule has 2 rings (SSSR count). The van der Waals surface area contributed by atoms with Gasteiger partial charge in [0, 0.05) is 20.1 Å². The number of sulfonamides is 1. The molecule has 0 spiro atoms. The van der Waals surface area contributed by atoms with Gasteiger partial charge in [-0.25, -0.2) is 12.7 Å². The zero-order valence-electron chi connectivity index (χ0n) is 14.3. The van der Waals surface area contributed by atoms with Crippen LogP contribution in [0.3, 0.4) is 0 Å². The van der Waals surface area contributed by atoms with E-state index in [0.717, 1.165) is 17.1 Å². The number of hydrogen-bond acceptors (Lipinski definition) is 5. The lowest BCUT2D eigenvalue weighted by Crippen LogP contribution is -2.29. The molecule has 0 radical (unpaired) electrons. The van der Waals surface area contributed by atoms with E-state index in [1.54, 1.807) is 14.1 Å². The topological polar surface area (TPSA) is 59.1 Å². The summed E-state index contributed by atoms with van der Waals surface area (Å²) in [4.78, 5) is 2.15. The Morgan fingerprint density at radius 2 is 1.78 bits per heavy atom. The normalized spacial score (nSPS) is 15.9. The van der Waals surface area contributed by atoms with Crippen LogP contribution in [0.25, 0.3) is 0 Å². The van der Waals surface area contributed by atoms with Crippen molar-refractivity contribution in [2.75, 3.05) is 46.7 Å². The van der Waals surface area contributed by atoms with Gasteiger partial charge in [-0.3, -0.25) is 4.90 Å². The maximum absolute atomic E-state index is 11.8.